The van der Waals surface area contributed by atoms with Crippen molar-refractivity contribution in [2.75, 3.05) is 19.6 Å². The van der Waals surface area contributed by atoms with Crippen LogP contribution in [0.4, 0.5) is 0 Å². The van der Waals surface area contributed by atoms with Crippen LogP contribution in [0.15, 0.2) is 0 Å². The molecule has 5 nitrogen and oxygen atoms in total. The smallest absolute Gasteiger partial charge is 0.321 e. The van der Waals surface area contributed by atoms with E-state index < -0.39 is 5.97 Å². The predicted octanol–water partition coefficient (Wildman–Crippen LogP) is 0.944. The topological polar surface area (TPSA) is 69.6 Å². The molecule has 2 N–H and O–H groups in total. The molecule has 104 valence electrons. The number of piperidine rings is 1. The Morgan fingerprint density at radius 3 is 2.28 bits per heavy atom. The van der Waals surface area contributed by atoms with E-state index in [4.69, 9.17) is 0 Å². The molecule has 0 aliphatic carbocycles. The third-order valence-corrected chi connectivity index (χ3v) is 3.57. The van der Waals surface area contributed by atoms with Crippen molar-refractivity contribution in [3.05, 3.63) is 0 Å². The summed E-state index contributed by atoms with van der Waals surface area (Å²) in [6.07, 6.45) is 1.91. The van der Waals surface area contributed by atoms with Gasteiger partial charge in [0.15, 0.2) is 0 Å². The monoisotopic (exact) mass is 256 g/mol. The van der Waals surface area contributed by atoms with Gasteiger partial charge in [0.05, 0.1) is 0 Å². The minimum atomic E-state index is -0.731. The van der Waals surface area contributed by atoms with Crippen LogP contribution in [-0.4, -0.2) is 47.6 Å². The Balaban J connectivity index is 2.42. The van der Waals surface area contributed by atoms with Crippen LogP contribution in [-0.2, 0) is 9.59 Å². The molecule has 0 saturated carbocycles. The molecule has 1 heterocycles. The van der Waals surface area contributed by atoms with Crippen LogP contribution in [0.3, 0.4) is 0 Å². The number of hydrogen-bond donors (Lipinski definition) is 2. The summed E-state index contributed by atoms with van der Waals surface area (Å²) >= 11 is 0. The van der Waals surface area contributed by atoms with E-state index in [1.54, 1.807) is 0 Å². The molecule has 1 fully saturated rings. The molecule has 1 unspecified atom stereocenters. The zero-order chi connectivity index (χ0) is 13.7. The van der Waals surface area contributed by atoms with Gasteiger partial charge in [-0.15, -0.1) is 0 Å². The Kier molecular flexibility index (Phi) is 5.59. The lowest BCUT2D eigenvalue weighted by Gasteiger charge is -2.37. The van der Waals surface area contributed by atoms with Gasteiger partial charge in [0, 0.05) is 13.5 Å². The van der Waals surface area contributed by atoms with E-state index >= 15 is 0 Å². The highest BCUT2D eigenvalue weighted by molar-refractivity contribution is 5.74. The average molecular weight is 256 g/mol. The van der Waals surface area contributed by atoms with Crippen LogP contribution in [0.1, 0.15) is 33.6 Å². The van der Waals surface area contributed by atoms with Crippen molar-refractivity contribution in [1.29, 1.82) is 0 Å². The fourth-order valence-electron chi connectivity index (χ4n) is 2.59. The molecule has 0 spiro atoms. The van der Waals surface area contributed by atoms with Crippen molar-refractivity contribution in [3.63, 3.8) is 0 Å². The molecule has 1 aliphatic heterocycles. The number of likely N-dealkylation sites (tertiary alicyclic amines) is 1. The highest BCUT2D eigenvalue weighted by Crippen LogP contribution is 2.21. The zero-order valence-electron chi connectivity index (χ0n) is 11.5. The number of nitrogens with zero attached hydrogens (tertiary/aromatic N) is 1. The molecule has 1 rings (SSSR count). The number of nitrogens with one attached hydrogen (secondary N) is 1. The van der Waals surface area contributed by atoms with Gasteiger partial charge < -0.3 is 10.4 Å². The minimum absolute atomic E-state index is 0.00280. The number of rotatable bonds is 5. The number of carboxylic acid groups (broad SMARTS) is 1. The van der Waals surface area contributed by atoms with E-state index in [1.807, 2.05) is 13.8 Å². The first-order chi connectivity index (χ1) is 8.41. The molecular weight excluding hydrogens is 232 g/mol. The average Bonchev–Trinajstić information content (AvgIpc) is 2.27. The van der Waals surface area contributed by atoms with Crippen molar-refractivity contribution in [1.82, 2.24) is 10.2 Å². The van der Waals surface area contributed by atoms with Crippen LogP contribution >= 0.6 is 0 Å². The first kappa shape index (κ1) is 15.0. The van der Waals surface area contributed by atoms with E-state index in [1.165, 1.54) is 6.92 Å². The molecule has 18 heavy (non-hydrogen) atoms. The van der Waals surface area contributed by atoms with Crippen molar-refractivity contribution in [3.8, 4) is 0 Å². The summed E-state index contributed by atoms with van der Waals surface area (Å²) in [7, 11) is 0. The summed E-state index contributed by atoms with van der Waals surface area (Å²) in [6, 6.07) is -0.383. The van der Waals surface area contributed by atoms with Gasteiger partial charge >= 0.3 is 5.97 Å². The number of carbonyl (C=O) groups is 2. The van der Waals surface area contributed by atoms with Crippen LogP contribution in [0.25, 0.3) is 0 Å². The van der Waals surface area contributed by atoms with Crippen molar-refractivity contribution in [2.24, 2.45) is 11.8 Å². The van der Waals surface area contributed by atoms with Gasteiger partial charge in [-0.2, -0.15) is 0 Å². The number of aliphatic carboxylic acids is 1. The lowest BCUT2D eigenvalue weighted by molar-refractivity contribution is -0.145. The molecule has 0 aromatic rings. The molecule has 1 atom stereocenters. The Morgan fingerprint density at radius 2 is 1.89 bits per heavy atom. The van der Waals surface area contributed by atoms with Crippen molar-refractivity contribution >= 4 is 11.9 Å². The fraction of sp³-hybridized carbons (Fsp3) is 0.846. The minimum Gasteiger partial charge on any atom is -0.480 e. The lowest BCUT2D eigenvalue weighted by Crippen LogP contribution is -2.49. The van der Waals surface area contributed by atoms with Crippen LogP contribution < -0.4 is 5.32 Å². The lowest BCUT2D eigenvalue weighted by atomic mass is 9.93. The number of hydrogen-bond acceptors (Lipinski definition) is 3. The van der Waals surface area contributed by atoms with Gasteiger partial charge in [-0.25, -0.2) is 0 Å². The van der Waals surface area contributed by atoms with Gasteiger partial charge in [-0.05, 0) is 37.8 Å². The maximum Gasteiger partial charge on any atom is 0.321 e. The predicted molar refractivity (Wildman–Crippen MR) is 69.2 cm³/mol. The van der Waals surface area contributed by atoms with Gasteiger partial charge in [-0.3, -0.25) is 14.5 Å². The molecular formula is C13H24N2O3. The van der Waals surface area contributed by atoms with Crippen LogP contribution in [0.2, 0.25) is 0 Å². The molecule has 1 saturated heterocycles. The largest absolute Gasteiger partial charge is 0.480 e. The Labute approximate surface area is 109 Å². The maximum absolute atomic E-state index is 11.2. The quantitative estimate of drug-likeness (QED) is 0.768. The van der Waals surface area contributed by atoms with Gasteiger partial charge in [0.2, 0.25) is 5.91 Å². The first-order valence-electron chi connectivity index (χ1n) is 6.63. The normalized spacial score (nSPS) is 19.8. The highest BCUT2D eigenvalue weighted by Gasteiger charge is 2.31. The number of amides is 1. The third-order valence-electron chi connectivity index (χ3n) is 3.57. The summed E-state index contributed by atoms with van der Waals surface area (Å²) < 4.78 is 0. The SMILES string of the molecule is CC(=O)NCC1CCN(C(C(=O)O)C(C)C)CC1. The molecule has 5 heteroatoms. The Bertz CT molecular complexity index is 297. The molecule has 0 radical (unpaired) electrons. The number of carbonyl (C=O) groups excluding carboxylic acids is 1. The Morgan fingerprint density at radius 1 is 1.33 bits per heavy atom. The summed E-state index contributed by atoms with van der Waals surface area (Å²) in [5.41, 5.74) is 0. The third kappa shape index (κ3) is 4.29. The van der Waals surface area contributed by atoms with E-state index in [0.717, 1.165) is 25.9 Å². The van der Waals surface area contributed by atoms with Crippen LogP contribution in [0.5, 0.6) is 0 Å². The second kappa shape index (κ2) is 6.73. The van der Waals surface area contributed by atoms with E-state index in [2.05, 4.69) is 10.2 Å². The van der Waals surface area contributed by atoms with E-state index in [-0.39, 0.29) is 17.9 Å². The second-order valence-corrected chi connectivity index (χ2v) is 5.44. The zero-order valence-corrected chi connectivity index (χ0v) is 11.5. The standard InChI is InChI=1S/C13H24N2O3/c1-9(2)12(13(17)18)15-6-4-11(5-7-15)8-14-10(3)16/h9,11-12H,4-8H2,1-3H3,(H,14,16)(H,17,18). The van der Waals surface area contributed by atoms with E-state index in [9.17, 15) is 14.7 Å². The fourth-order valence-corrected chi connectivity index (χ4v) is 2.59. The highest BCUT2D eigenvalue weighted by atomic mass is 16.4. The van der Waals surface area contributed by atoms with Crippen molar-refractivity contribution in [2.45, 2.75) is 39.7 Å². The number of carboxylic acids is 1. The Hall–Kier alpha value is -1.10. The maximum atomic E-state index is 11.2. The van der Waals surface area contributed by atoms with E-state index in [0.29, 0.717) is 12.5 Å². The summed E-state index contributed by atoms with van der Waals surface area (Å²) in [4.78, 5) is 24.1. The summed E-state index contributed by atoms with van der Waals surface area (Å²) in [5.74, 6) is -0.130. The second-order valence-electron chi connectivity index (χ2n) is 5.44. The first-order valence-corrected chi connectivity index (χ1v) is 6.63. The molecule has 0 bridgehead atoms. The van der Waals surface area contributed by atoms with Gasteiger partial charge in [0.25, 0.3) is 0 Å². The molecule has 0 aromatic carbocycles. The van der Waals surface area contributed by atoms with Crippen molar-refractivity contribution < 1.29 is 14.7 Å². The summed E-state index contributed by atoms with van der Waals surface area (Å²) in [6.45, 7) is 7.74. The molecule has 1 aliphatic rings. The van der Waals surface area contributed by atoms with Gasteiger partial charge in [0.1, 0.15) is 6.04 Å². The van der Waals surface area contributed by atoms with Crippen LogP contribution in [0, 0.1) is 11.8 Å². The molecule has 0 aromatic heterocycles. The summed E-state index contributed by atoms with van der Waals surface area (Å²) in [5, 5.41) is 12.1. The van der Waals surface area contributed by atoms with Gasteiger partial charge in [-0.1, -0.05) is 13.8 Å². The molecule has 1 amide bonds.